The number of hydrogen-bond acceptors (Lipinski definition) is 4. The van der Waals surface area contributed by atoms with E-state index in [1.807, 2.05) is 44.2 Å². The minimum absolute atomic E-state index is 0.138. The molecule has 0 aliphatic carbocycles. The van der Waals surface area contributed by atoms with Crippen LogP contribution in [0, 0.1) is 5.82 Å². The fourth-order valence-electron chi connectivity index (χ4n) is 4.06. The van der Waals surface area contributed by atoms with Crippen LogP contribution in [0.25, 0.3) is 0 Å². The highest BCUT2D eigenvalue weighted by atomic mass is 32.2. The third kappa shape index (κ3) is 7.41. The fourth-order valence-corrected chi connectivity index (χ4v) is 5.48. The van der Waals surface area contributed by atoms with Crippen LogP contribution in [-0.2, 0) is 26.2 Å². The van der Waals surface area contributed by atoms with Gasteiger partial charge in [0.2, 0.25) is 11.8 Å². The molecule has 0 radical (unpaired) electrons. The van der Waals surface area contributed by atoms with Crippen LogP contribution < -0.4 is 9.62 Å². The summed E-state index contributed by atoms with van der Waals surface area (Å²) < 4.78 is 41.9. The maximum Gasteiger partial charge on any atom is 0.264 e. The Bertz CT molecular complexity index is 1290. The molecule has 1 unspecified atom stereocenters. The van der Waals surface area contributed by atoms with Crippen molar-refractivity contribution in [1.29, 1.82) is 0 Å². The number of para-hydroxylation sites is 1. The third-order valence-electron chi connectivity index (χ3n) is 6.14. The molecular formula is C29H34FN3O4S. The second-order valence-corrected chi connectivity index (χ2v) is 10.7. The number of carbonyl (C=O) groups excluding carboxylic acids is 2. The third-order valence-corrected chi connectivity index (χ3v) is 7.92. The summed E-state index contributed by atoms with van der Waals surface area (Å²) >= 11 is 0. The summed E-state index contributed by atoms with van der Waals surface area (Å²) in [6, 6.07) is 21.2. The molecule has 0 saturated heterocycles. The van der Waals surface area contributed by atoms with Gasteiger partial charge in [0.1, 0.15) is 18.4 Å². The molecule has 2 amide bonds. The molecule has 0 aliphatic heterocycles. The predicted molar refractivity (Wildman–Crippen MR) is 146 cm³/mol. The van der Waals surface area contributed by atoms with E-state index in [0.29, 0.717) is 13.0 Å². The second kappa shape index (κ2) is 13.7. The molecule has 3 aromatic rings. The molecule has 0 spiro atoms. The molecule has 0 fully saturated rings. The number of anilines is 1. The highest BCUT2D eigenvalue weighted by Crippen LogP contribution is 2.25. The van der Waals surface area contributed by atoms with E-state index in [1.54, 1.807) is 30.3 Å². The Labute approximate surface area is 224 Å². The molecule has 0 aliphatic rings. The van der Waals surface area contributed by atoms with E-state index >= 15 is 0 Å². The first-order valence-corrected chi connectivity index (χ1v) is 14.2. The number of halogens is 1. The summed E-state index contributed by atoms with van der Waals surface area (Å²) in [7, 11) is -4.22. The Morgan fingerprint density at radius 2 is 1.50 bits per heavy atom. The van der Waals surface area contributed by atoms with Gasteiger partial charge in [0.15, 0.2) is 0 Å². The Morgan fingerprint density at radius 3 is 2.08 bits per heavy atom. The maximum atomic E-state index is 13.9. The van der Waals surface area contributed by atoms with Crippen LogP contribution in [0.3, 0.4) is 0 Å². The number of sulfonamides is 1. The van der Waals surface area contributed by atoms with Gasteiger partial charge in [-0.05, 0) is 54.8 Å². The summed E-state index contributed by atoms with van der Waals surface area (Å²) in [6.45, 7) is 3.94. The Kier molecular flexibility index (Phi) is 10.4. The van der Waals surface area contributed by atoms with Crippen molar-refractivity contribution in [3.8, 4) is 0 Å². The van der Waals surface area contributed by atoms with Gasteiger partial charge in [-0.2, -0.15) is 0 Å². The van der Waals surface area contributed by atoms with Gasteiger partial charge in [-0.1, -0.05) is 68.8 Å². The monoisotopic (exact) mass is 539 g/mol. The summed E-state index contributed by atoms with van der Waals surface area (Å²) in [5.74, 6) is -1.38. The Hall–Kier alpha value is -3.72. The lowest BCUT2D eigenvalue weighted by atomic mass is 10.1. The SMILES string of the molecule is CCCCNC(=O)C(CC)N(Cc1ccccc1)C(=O)CN(c1ccccc1)S(=O)(=O)c1ccc(F)cc1. The standard InChI is InChI=1S/C29H34FN3O4S/c1-3-5-20-31-29(35)27(4-2)32(21-23-12-8-6-9-13-23)28(34)22-33(25-14-10-7-11-15-25)38(36,37)26-18-16-24(30)17-19-26/h6-19,27H,3-5,20-22H2,1-2H3,(H,31,35). The van der Waals surface area contributed by atoms with Crippen molar-refractivity contribution >= 4 is 27.5 Å². The molecule has 0 aromatic heterocycles. The molecule has 0 saturated carbocycles. The average Bonchev–Trinajstić information content (AvgIpc) is 2.93. The van der Waals surface area contributed by atoms with Gasteiger partial charge < -0.3 is 10.2 Å². The Morgan fingerprint density at radius 1 is 0.895 bits per heavy atom. The highest BCUT2D eigenvalue weighted by Gasteiger charge is 2.33. The first-order chi connectivity index (χ1) is 18.3. The normalized spacial score (nSPS) is 12.0. The number of nitrogens with one attached hydrogen (secondary N) is 1. The maximum absolute atomic E-state index is 13.9. The number of nitrogens with zero attached hydrogens (tertiary/aromatic N) is 2. The van der Waals surface area contributed by atoms with Crippen LogP contribution in [0.1, 0.15) is 38.7 Å². The molecular weight excluding hydrogens is 505 g/mol. The minimum Gasteiger partial charge on any atom is -0.354 e. The molecule has 3 aromatic carbocycles. The van der Waals surface area contributed by atoms with Gasteiger partial charge in [0, 0.05) is 13.1 Å². The number of rotatable bonds is 13. The summed E-state index contributed by atoms with van der Waals surface area (Å²) in [5.41, 5.74) is 1.10. The molecule has 0 heterocycles. The van der Waals surface area contributed by atoms with E-state index < -0.39 is 34.3 Å². The highest BCUT2D eigenvalue weighted by molar-refractivity contribution is 7.92. The van der Waals surface area contributed by atoms with Crippen LogP contribution in [0.15, 0.2) is 89.8 Å². The van der Waals surface area contributed by atoms with Crippen molar-refractivity contribution in [1.82, 2.24) is 10.2 Å². The van der Waals surface area contributed by atoms with Crippen LogP contribution in [0.2, 0.25) is 0 Å². The second-order valence-electron chi connectivity index (χ2n) is 8.88. The van der Waals surface area contributed by atoms with Crippen LogP contribution in [0.4, 0.5) is 10.1 Å². The zero-order valence-electron chi connectivity index (χ0n) is 21.7. The Balaban J connectivity index is 1.99. The van der Waals surface area contributed by atoms with Crippen molar-refractivity contribution in [2.45, 2.75) is 50.6 Å². The molecule has 0 bridgehead atoms. The smallest absolute Gasteiger partial charge is 0.264 e. The lowest BCUT2D eigenvalue weighted by Crippen LogP contribution is -2.52. The van der Waals surface area contributed by atoms with Crippen molar-refractivity contribution < 1.29 is 22.4 Å². The average molecular weight is 540 g/mol. The van der Waals surface area contributed by atoms with Crippen LogP contribution >= 0.6 is 0 Å². The quantitative estimate of drug-likeness (QED) is 0.318. The fraction of sp³-hybridized carbons (Fsp3) is 0.310. The number of amides is 2. The molecule has 202 valence electrons. The van der Waals surface area contributed by atoms with Gasteiger partial charge in [-0.25, -0.2) is 12.8 Å². The van der Waals surface area contributed by atoms with E-state index in [9.17, 15) is 22.4 Å². The van der Waals surface area contributed by atoms with Gasteiger partial charge in [-0.3, -0.25) is 13.9 Å². The van der Waals surface area contributed by atoms with E-state index in [4.69, 9.17) is 0 Å². The van der Waals surface area contributed by atoms with E-state index in [-0.39, 0.29) is 23.0 Å². The molecule has 9 heteroatoms. The van der Waals surface area contributed by atoms with Crippen LogP contribution in [-0.4, -0.2) is 44.3 Å². The van der Waals surface area contributed by atoms with Crippen molar-refractivity contribution in [2.24, 2.45) is 0 Å². The zero-order valence-corrected chi connectivity index (χ0v) is 22.5. The summed E-state index contributed by atoms with van der Waals surface area (Å²) in [4.78, 5) is 28.3. The minimum atomic E-state index is -4.22. The largest absolute Gasteiger partial charge is 0.354 e. The number of carbonyl (C=O) groups is 2. The molecule has 1 N–H and O–H groups in total. The topological polar surface area (TPSA) is 86.8 Å². The summed E-state index contributed by atoms with van der Waals surface area (Å²) in [5, 5.41) is 2.90. The van der Waals surface area contributed by atoms with Gasteiger partial charge in [0.05, 0.1) is 10.6 Å². The van der Waals surface area contributed by atoms with E-state index in [2.05, 4.69) is 5.32 Å². The van der Waals surface area contributed by atoms with E-state index in [0.717, 1.165) is 34.8 Å². The lowest BCUT2D eigenvalue weighted by Gasteiger charge is -2.33. The first-order valence-electron chi connectivity index (χ1n) is 12.7. The molecule has 1 atom stereocenters. The van der Waals surface area contributed by atoms with Gasteiger partial charge in [-0.15, -0.1) is 0 Å². The van der Waals surface area contributed by atoms with Crippen molar-refractivity contribution in [3.63, 3.8) is 0 Å². The number of hydrogen-bond donors (Lipinski definition) is 1. The molecule has 38 heavy (non-hydrogen) atoms. The van der Waals surface area contributed by atoms with Crippen molar-refractivity contribution in [3.05, 3.63) is 96.3 Å². The van der Waals surface area contributed by atoms with Gasteiger partial charge in [0.25, 0.3) is 10.0 Å². The molecule has 7 nitrogen and oxygen atoms in total. The lowest BCUT2D eigenvalue weighted by molar-refractivity contribution is -0.140. The first kappa shape index (κ1) is 28.8. The summed E-state index contributed by atoms with van der Waals surface area (Å²) in [6.07, 6.45) is 2.08. The molecule has 3 rings (SSSR count). The predicted octanol–water partition coefficient (Wildman–Crippen LogP) is 4.74. The van der Waals surface area contributed by atoms with Crippen LogP contribution in [0.5, 0.6) is 0 Å². The zero-order chi connectivity index (χ0) is 27.5. The number of unbranched alkanes of at least 4 members (excludes halogenated alkanes) is 1. The number of benzene rings is 3. The van der Waals surface area contributed by atoms with Gasteiger partial charge >= 0.3 is 0 Å². The van der Waals surface area contributed by atoms with Crippen molar-refractivity contribution in [2.75, 3.05) is 17.4 Å². The van der Waals surface area contributed by atoms with E-state index in [1.165, 1.54) is 17.0 Å².